The van der Waals surface area contributed by atoms with Crippen LogP contribution in [0.2, 0.25) is 20.1 Å². The van der Waals surface area contributed by atoms with E-state index in [0.717, 1.165) is 36.8 Å². The van der Waals surface area contributed by atoms with Crippen molar-refractivity contribution in [3.63, 3.8) is 0 Å². The fourth-order valence-corrected chi connectivity index (χ4v) is 5.90. The molecule has 2 aliphatic rings. The van der Waals surface area contributed by atoms with Crippen LogP contribution in [0.25, 0.3) is 0 Å². The topological polar surface area (TPSA) is 67.6 Å². The van der Waals surface area contributed by atoms with Crippen molar-refractivity contribution in [1.29, 1.82) is 0 Å². The van der Waals surface area contributed by atoms with E-state index in [0.29, 0.717) is 39.8 Å². The van der Waals surface area contributed by atoms with Gasteiger partial charge in [0.05, 0.1) is 35.5 Å². The van der Waals surface area contributed by atoms with Gasteiger partial charge in [0.2, 0.25) is 5.79 Å². The Morgan fingerprint density at radius 3 is 2.00 bits per heavy atom. The summed E-state index contributed by atoms with van der Waals surface area (Å²) in [6.45, 7) is 7.68. The lowest BCUT2D eigenvalue weighted by molar-refractivity contribution is -0.189. The van der Waals surface area contributed by atoms with Gasteiger partial charge in [-0.3, -0.25) is 0 Å². The maximum absolute atomic E-state index is 6.37. The highest BCUT2D eigenvalue weighted by molar-refractivity contribution is 6.35. The first-order valence-corrected chi connectivity index (χ1v) is 14.6. The van der Waals surface area contributed by atoms with E-state index >= 15 is 0 Å². The zero-order valence-corrected chi connectivity index (χ0v) is 25.2. The molecule has 4 atom stereocenters. The molecule has 1 aromatic heterocycles. The smallest absolute Gasteiger partial charge is 0.217 e. The van der Waals surface area contributed by atoms with E-state index in [1.807, 2.05) is 19.1 Å². The Morgan fingerprint density at radius 1 is 0.846 bits per heavy atom. The van der Waals surface area contributed by atoms with E-state index in [2.05, 4.69) is 23.9 Å². The number of benzene rings is 2. The average Bonchev–Trinajstić information content (AvgIpc) is 3.62. The van der Waals surface area contributed by atoms with Gasteiger partial charge in [0, 0.05) is 21.2 Å². The average molecular weight is 617 g/mol. The van der Waals surface area contributed by atoms with Gasteiger partial charge in [-0.2, -0.15) is 5.10 Å². The van der Waals surface area contributed by atoms with Crippen molar-refractivity contribution in [3.05, 3.63) is 80.3 Å². The first kappa shape index (κ1) is 30.5. The Hall–Kier alpha value is -1.42. The van der Waals surface area contributed by atoms with Crippen molar-refractivity contribution in [2.75, 3.05) is 13.2 Å². The lowest BCUT2D eigenvalue weighted by Gasteiger charge is -2.29. The zero-order chi connectivity index (χ0) is 28.0. The Balaban J connectivity index is 0.000000187. The normalized spacial score (nSPS) is 26.4. The van der Waals surface area contributed by atoms with E-state index in [4.69, 9.17) is 65.4 Å². The Kier molecular flexibility index (Phi) is 10.6. The first-order valence-electron chi connectivity index (χ1n) is 13.0. The molecule has 3 aromatic rings. The number of aromatic nitrogens is 3. The van der Waals surface area contributed by atoms with Crippen molar-refractivity contribution in [1.82, 2.24) is 14.8 Å². The Bertz CT molecular complexity index is 1230. The molecule has 39 heavy (non-hydrogen) atoms. The summed E-state index contributed by atoms with van der Waals surface area (Å²) in [5.74, 6) is -1.71. The molecule has 3 heterocycles. The van der Waals surface area contributed by atoms with E-state index < -0.39 is 11.6 Å². The lowest BCUT2D eigenvalue weighted by atomic mass is 10.1. The minimum atomic E-state index is -0.963. The van der Waals surface area contributed by atoms with E-state index in [-0.39, 0.29) is 12.2 Å². The molecule has 7 nitrogen and oxygen atoms in total. The second-order valence-corrected chi connectivity index (χ2v) is 11.4. The van der Waals surface area contributed by atoms with Gasteiger partial charge in [0.25, 0.3) is 0 Å². The fraction of sp³-hybridized carbons (Fsp3) is 0.500. The molecular formula is C28H33Cl4N3O4. The van der Waals surface area contributed by atoms with Crippen molar-refractivity contribution in [2.24, 2.45) is 0 Å². The van der Waals surface area contributed by atoms with Gasteiger partial charge in [0.1, 0.15) is 19.2 Å². The van der Waals surface area contributed by atoms with Crippen LogP contribution in [-0.2, 0) is 37.1 Å². The molecule has 2 aliphatic heterocycles. The number of nitrogens with zero attached hydrogens (tertiary/aromatic N) is 3. The molecule has 0 bridgehead atoms. The highest BCUT2D eigenvalue weighted by Crippen LogP contribution is 2.41. The summed E-state index contributed by atoms with van der Waals surface area (Å²) in [5.41, 5.74) is 1.59. The monoisotopic (exact) mass is 615 g/mol. The molecular weight excluding hydrogens is 584 g/mol. The molecule has 2 aromatic carbocycles. The predicted octanol–water partition coefficient (Wildman–Crippen LogP) is 8.04. The van der Waals surface area contributed by atoms with Crippen molar-refractivity contribution < 1.29 is 18.9 Å². The standard InChI is InChI=1S/C15H17Cl2N3O2.C13H16Cl2O2/c1-2-3-12-7-21-15(22-12,8-20-10-18-9-19-20)13-5-4-11(16)6-14(13)17;1-3-4-10-8-16-13(2,17-10)11-6-5-9(14)7-12(11)15/h4-6,9-10,12H,2-3,7-8H2,1H3;5-7,10H,3-4,8H2,1-2H3. The summed E-state index contributed by atoms with van der Waals surface area (Å²) in [6, 6.07) is 10.7. The van der Waals surface area contributed by atoms with E-state index in [9.17, 15) is 0 Å². The quantitative estimate of drug-likeness (QED) is 0.255. The zero-order valence-electron chi connectivity index (χ0n) is 22.2. The first-order chi connectivity index (χ1) is 18.7. The summed E-state index contributed by atoms with van der Waals surface area (Å²) < 4.78 is 25.7. The largest absolute Gasteiger partial charge is 0.343 e. The van der Waals surface area contributed by atoms with Crippen LogP contribution >= 0.6 is 46.4 Å². The predicted molar refractivity (Wildman–Crippen MR) is 153 cm³/mol. The van der Waals surface area contributed by atoms with Crippen molar-refractivity contribution in [3.8, 4) is 0 Å². The number of ether oxygens (including phenoxy) is 4. The molecule has 0 radical (unpaired) electrons. The second kappa shape index (κ2) is 13.5. The summed E-state index contributed by atoms with van der Waals surface area (Å²) in [4.78, 5) is 3.97. The molecule has 0 N–H and O–H groups in total. The second-order valence-electron chi connectivity index (χ2n) is 9.72. The van der Waals surface area contributed by atoms with Crippen LogP contribution in [0.5, 0.6) is 0 Å². The minimum absolute atomic E-state index is 0.0419. The maximum Gasteiger partial charge on any atom is 0.217 e. The Morgan fingerprint density at radius 2 is 1.44 bits per heavy atom. The van der Waals surface area contributed by atoms with Gasteiger partial charge in [-0.25, -0.2) is 9.67 Å². The van der Waals surface area contributed by atoms with Crippen LogP contribution in [0.15, 0.2) is 49.1 Å². The molecule has 212 valence electrons. The van der Waals surface area contributed by atoms with Gasteiger partial charge < -0.3 is 18.9 Å². The van der Waals surface area contributed by atoms with E-state index in [1.54, 1.807) is 35.3 Å². The maximum atomic E-state index is 6.37. The molecule has 11 heteroatoms. The number of hydrogen-bond acceptors (Lipinski definition) is 6. The highest BCUT2D eigenvalue weighted by Gasteiger charge is 2.45. The van der Waals surface area contributed by atoms with Gasteiger partial charge >= 0.3 is 0 Å². The number of hydrogen-bond donors (Lipinski definition) is 0. The highest BCUT2D eigenvalue weighted by atomic mass is 35.5. The third-order valence-electron chi connectivity index (χ3n) is 6.62. The molecule has 0 aliphatic carbocycles. The van der Waals surface area contributed by atoms with Crippen LogP contribution in [0, 0.1) is 0 Å². The Labute approximate surface area is 249 Å². The lowest BCUT2D eigenvalue weighted by Crippen LogP contribution is -2.34. The number of halogens is 4. The van der Waals surface area contributed by atoms with Crippen LogP contribution in [-0.4, -0.2) is 40.2 Å². The molecule has 0 amide bonds. The SMILES string of the molecule is CCCC1COC(C)(c2ccc(Cl)cc2Cl)O1.CCCC1COC(Cn2cncn2)(c2ccc(Cl)cc2Cl)O1. The number of rotatable bonds is 8. The molecule has 0 spiro atoms. The summed E-state index contributed by atoms with van der Waals surface area (Å²) in [5, 5.41) is 6.44. The third kappa shape index (κ3) is 7.46. The molecule has 2 fully saturated rings. The molecule has 2 saturated heterocycles. The summed E-state index contributed by atoms with van der Waals surface area (Å²) in [7, 11) is 0. The molecule has 0 saturated carbocycles. The van der Waals surface area contributed by atoms with Crippen LogP contribution < -0.4 is 0 Å². The summed E-state index contributed by atoms with van der Waals surface area (Å²) >= 11 is 24.4. The van der Waals surface area contributed by atoms with Crippen molar-refractivity contribution in [2.45, 2.75) is 76.8 Å². The molecule has 5 rings (SSSR count). The molecule has 4 unspecified atom stereocenters. The minimum Gasteiger partial charge on any atom is -0.343 e. The van der Waals surface area contributed by atoms with Gasteiger partial charge in [-0.15, -0.1) is 0 Å². The van der Waals surface area contributed by atoms with Gasteiger partial charge in [-0.05, 0) is 44.0 Å². The third-order valence-corrected chi connectivity index (χ3v) is 7.71. The van der Waals surface area contributed by atoms with E-state index in [1.165, 1.54) is 6.33 Å². The summed E-state index contributed by atoms with van der Waals surface area (Å²) in [6.07, 6.45) is 7.35. The van der Waals surface area contributed by atoms with Crippen molar-refractivity contribution >= 4 is 46.4 Å². The van der Waals surface area contributed by atoms with Gasteiger partial charge in [0.15, 0.2) is 5.79 Å². The van der Waals surface area contributed by atoms with Crippen LogP contribution in [0.3, 0.4) is 0 Å². The fourth-order valence-electron chi connectivity index (χ4n) is 4.77. The van der Waals surface area contributed by atoms with Crippen LogP contribution in [0.4, 0.5) is 0 Å². The van der Waals surface area contributed by atoms with Gasteiger partial charge in [-0.1, -0.05) is 85.2 Å². The van der Waals surface area contributed by atoms with Crippen LogP contribution in [0.1, 0.15) is 57.6 Å².